The van der Waals surface area contributed by atoms with Gasteiger partial charge in [0.15, 0.2) is 0 Å². The smallest absolute Gasteiger partial charge is 0.337 e. The summed E-state index contributed by atoms with van der Waals surface area (Å²) in [5.74, 6) is 0.492. The highest BCUT2D eigenvalue weighted by molar-refractivity contribution is 7.54. The quantitative estimate of drug-likeness (QED) is 0.170. The summed E-state index contributed by atoms with van der Waals surface area (Å²) in [5.41, 5.74) is 0.972. The summed E-state index contributed by atoms with van der Waals surface area (Å²) in [4.78, 5) is 13.2. The summed E-state index contributed by atoms with van der Waals surface area (Å²) in [6, 6.07) is 28.1. The average molecular weight is 585 g/mol. The van der Waals surface area contributed by atoms with E-state index in [9.17, 15) is 9.36 Å². The summed E-state index contributed by atoms with van der Waals surface area (Å²) >= 11 is 0. The predicted molar refractivity (Wildman–Crippen MR) is 161 cm³/mol. The van der Waals surface area contributed by atoms with Crippen molar-refractivity contribution in [2.45, 2.75) is 44.9 Å². The molecule has 0 aliphatic heterocycles. The summed E-state index contributed by atoms with van der Waals surface area (Å²) < 4.78 is 41.4. The Hall–Kier alpha value is -2.58. The Morgan fingerprint density at radius 2 is 1.35 bits per heavy atom. The molecule has 0 heterocycles. The van der Waals surface area contributed by atoms with E-state index < -0.39 is 22.0 Å². The van der Waals surface area contributed by atoms with Crippen LogP contribution in [0.3, 0.4) is 0 Å². The molecule has 9 heteroatoms. The molecule has 7 nitrogen and oxygen atoms in total. The minimum Gasteiger partial charge on any atom is -0.497 e. The minimum atomic E-state index is -3.52. The van der Waals surface area contributed by atoms with Crippen molar-refractivity contribution >= 4 is 32.1 Å². The van der Waals surface area contributed by atoms with E-state index in [-0.39, 0.29) is 30.0 Å². The van der Waals surface area contributed by atoms with Gasteiger partial charge in [-0.3, -0.25) is 9.36 Å². The van der Waals surface area contributed by atoms with Crippen LogP contribution in [0.2, 0.25) is 5.04 Å². The number of ether oxygens (including phenoxy) is 2. The zero-order chi connectivity index (χ0) is 29.2. The molecule has 0 N–H and O–H groups in total. The molecule has 0 aromatic heterocycles. The predicted octanol–water partition coefficient (Wildman–Crippen LogP) is 5.60. The second-order valence-electron chi connectivity index (χ2n) is 10.6. The fraction of sp³-hybridized carbons (Fsp3) is 0.387. The van der Waals surface area contributed by atoms with Gasteiger partial charge in [0.05, 0.1) is 26.4 Å². The lowest BCUT2D eigenvalue weighted by Crippen LogP contribution is -2.68. The van der Waals surface area contributed by atoms with Crippen molar-refractivity contribution in [2.24, 2.45) is 0 Å². The van der Waals surface area contributed by atoms with Crippen LogP contribution >= 0.6 is 7.60 Å². The van der Waals surface area contributed by atoms with Gasteiger partial charge in [-0.05, 0) is 33.1 Å². The Balaban J connectivity index is 1.97. The van der Waals surface area contributed by atoms with Gasteiger partial charge in [0.25, 0.3) is 8.32 Å². The molecule has 216 valence electrons. The SMILES string of the molecule is COc1ccc(COC[C@@H](CC(=O)CP(=O)(OC)OC)O[Si](c2ccccc2)(c2ccccc2)C(C)(C)C)cc1. The molecule has 3 rings (SSSR count). The van der Waals surface area contributed by atoms with Crippen LogP contribution in [0.5, 0.6) is 5.75 Å². The fourth-order valence-corrected chi connectivity index (χ4v) is 10.5. The summed E-state index contributed by atoms with van der Waals surface area (Å²) in [5, 5.41) is 1.91. The van der Waals surface area contributed by atoms with E-state index >= 15 is 0 Å². The number of benzene rings is 3. The number of carbonyl (C=O) groups is 1. The highest BCUT2D eigenvalue weighted by Crippen LogP contribution is 2.46. The van der Waals surface area contributed by atoms with Gasteiger partial charge in [-0.2, -0.15) is 0 Å². The van der Waals surface area contributed by atoms with Gasteiger partial charge in [-0.25, -0.2) is 0 Å². The fourth-order valence-electron chi connectivity index (χ4n) is 4.84. The normalized spacial score (nSPS) is 13.2. The van der Waals surface area contributed by atoms with Crippen molar-refractivity contribution in [1.82, 2.24) is 0 Å². The Labute approximate surface area is 239 Å². The van der Waals surface area contributed by atoms with Crippen LogP contribution in [0.4, 0.5) is 0 Å². The van der Waals surface area contributed by atoms with Gasteiger partial charge < -0.3 is 22.9 Å². The third-order valence-corrected chi connectivity index (χ3v) is 13.8. The highest BCUT2D eigenvalue weighted by atomic mass is 31.2. The Morgan fingerprint density at radius 1 is 0.825 bits per heavy atom. The minimum absolute atomic E-state index is 0.00379. The average Bonchev–Trinajstić information content (AvgIpc) is 2.96. The molecule has 0 unspecified atom stereocenters. The molecule has 0 spiro atoms. The van der Waals surface area contributed by atoms with Crippen molar-refractivity contribution in [3.63, 3.8) is 0 Å². The first-order valence-corrected chi connectivity index (χ1v) is 16.9. The molecular weight excluding hydrogens is 543 g/mol. The maximum Gasteiger partial charge on any atom is 0.337 e. The van der Waals surface area contributed by atoms with E-state index in [0.29, 0.717) is 6.61 Å². The van der Waals surface area contributed by atoms with Crippen LogP contribution in [-0.2, 0) is 34.2 Å². The van der Waals surface area contributed by atoms with Crippen molar-refractivity contribution in [3.05, 3.63) is 90.5 Å². The monoisotopic (exact) mass is 584 g/mol. The van der Waals surface area contributed by atoms with Crippen LogP contribution in [0, 0.1) is 0 Å². The molecule has 1 atom stereocenters. The van der Waals surface area contributed by atoms with E-state index in [1.165, 1.54) is 14.2 Å². The Morgan fingerprint density at radius 3 is 1.80 bits per heavy atom. The molecule has 0 aliphatic rings. The lowest BCUT2D eigenvalue weighted by Gasteiger charge is -2.45. The lowest BCUT2D eigenvalue weighted by atomic mass is 10.2. The van der Waals surface area contributed by atoms with Crippen molar-refractivity contribution in [1.29, 1.82) is 0 Å². The van der Waals surface area contributed by atoms with Crippen LogP contribution < -0.4 is 15.1 Å². The zero-order valence-electron chi connectivity index (χ0n) is 24.3. The number of ketones is 1. The topological polar surface area (TPSA) is 80.3 Å². The van der Waals surface area contributed by atoms with Gasteiger partial charge >= 0.3 is 7.60 Å². The van der Waals surface area contributed by atoms with E-state index in [2.05, 4.69) is 45.0 Å². The van der Waals surface area contributed by atoms with E-state index in [0.717, 1.165) is 21.7 Å². The first-order valence-electron chi connectivity index (χ1n) is 13.3. The maximum absolute atomic E-state index is 13.2. The molecule has 0 saturated carbocycles. The first-order chi connectivity index (χ1) is 19.1. The lowest BCUT2D eigenvalue weighted by molar-refractivity contribution is -0.119. The van der Waals surface area contributed by atoms with Crippen molar-refractivity contribution in [2.75, 3.05) is 34.1 Å². The number of Topliss-reactive ketones (excluding diaryl/α,β-unsaturated/α-hetero) is 1. The standard InChI is InChI=1S/C31H41O7PSi/c1-31(2,3)40(29-13-9-7-10-14-29,30-15-11-8-12-16-30)38-28(21-26(32)24-39(33,35-5)36-6)23-37-22-25-17-19-27(34-4)20-18-25/h7-20,28H,21-24H2,1-6H3/t28-/m1/s1. The molecule has 0 bridgehead atoms. The number of rotatable bonds is 15. The highest BCUT2D eigenvalue weighted by Gasteiger charge is 2.51. The summed E-state index contributed by atoms with van der Waals surface area (Å²) in [7, 11) is -2.30. The van der Waals surface area contributed by atoms with Gasteiger partial charge in [0, 0.05) is 20.6 Å². The van der Waals surface area contributed by atoms with E-state index in [1.807, 2.05) is 60.7 Å². The second-order valence-corrected chi connectivity index (χ2v) is 17.2. The summed E-state index contributed by atoms with van der Waals surface area (Å²) in [6.07, 6.45) is -0.928. The Kier molecular flexibility index (Phi) is 11.5. The van der Waals surface area contributed by atoms with E-state index in [1.54, 1.807) is 7.11 Å². The van der Waals surface area contributed by atoms with Crippen LogP contribution in [0.1, 0.15) is 32.8 Å². The molecule has 0 fully saturated rings. The third-order valence-electron chi connectivity index (χ3n) is 6.87. The second kappa shape index (κ2) is 14.4. The number of methoxy groups -OCH3 is 1. The Bertz CT molecular complexity index is 1200. The van der Waals surface area contributed by atoms with Crippen LogP contribution in [0.25, 0.3) is 0 Å². The van der Waals surface area contributed by atoms with E-state index in [4.69, 9.17) is 22.9 Å². The maximum atomic E-state index is 13.2. The van der Waals surface area contributed by atoms with Crippen molar-refractivity contribution in [3.8, 4) is 5.75 Å². The molecule has 40 heavy (non-hydrogen) atoms. The largest absolute Gasteiger partial charge is 0.497 e. The van der Waals surface area contributed by atoms with Gasteiger partial charge in [0.2, 0.25) is 0 Å². The van der Waals surface area contributed by atoms with Gasteiger partial charge in [-0.15, -0.1) is 0 Å². The number of hydrogen-bond acceptors (Lipinski definition) is 7. The third kappa shape index (κ3) is 8.00. The molecular formula is C31H41O7PSi. The molecule has 0 radical (unpaired) electrons. The molecule has 0 amide bonds. The zero-order valence-corrected chi connectivity index (χ0v) is 26.2. The molecule has 3 aromatic rings. The number of hydrogen-bond donors (Lipinski definition) is 0. The summed E-state index contributed by atoms with van der Waals surface area (Å²) in [6.45, 7) is 7.06. The van der Waals surface area contributed by atoms with Crippen molar-refractivity contribution < 1.29 is 32.3 Å². The molecule has 3 aromatic carbocycles. The van der Waals surface area contributed by atoms with Crippen LogP contribution in [-0.4, -0.2) is 54.3 Å². The molecule has 0 aliphatic carbocycles. The van der Waals surface area contributed by atoms with Crippen LogP contribution in [0.15, 0.2) is 84.9 Å². The van der Waals surface area contributed by atoms with Gasteiger partial charge in [0.1, 0.15) is 17.7 Å². The van der Waals surface area contributed by atoms with Gasteiger partial charge in [-0.1, -0.05) is 93.6 Å². The molecule has 0 saturated heterocycles. The number of carbonyl (C=O) groups excluding carboxylic acids is 1. The first kappa shape index (κ1) is 31.9.